The maximum Gasteiger partial charge on any atom is 0.0766 e. The Hall–Kier alpha value is -0.510. The van der Waals surface area contributed by atoms with Crippen LogP contribution in [0.1, 0.15) is 32.3 Å². The van der Waals surface area contributed by atoms with Gasteiger partial charge in [-0.1, -0.05) is 26.0 Å². The molecule has 3 heteroatoms. The van der Waals surface area contributed by atoms with Crippen molar-refractivity contribution in [3.63, 3.8) is 0 Å². The van der Waals surface area contributed by atoms with Gasteiger partial charge in [0.05, 0.1) is 5.60 Å². The molecule has 0 radical (unpaired) electrons. The number of hydrogen-bond donors (Lipinski definition) is 2. The molecule has 2 nitrogen and oxygen atoms in total. The van der Waals surface area contributed by atoms with Gasteiger partial charge in [-0.25, -0.2) is 0 Å². The van der Waals surface area contributed by atoms with Crippen LogP contribution in [-0.2, 0) is 6.54 Å². The van der Waals surface area contributed by atoms with E-state index in [4.69, 9.17) is 0 Å². The van der Waals surface area contributed by atoms with Crippen LogP contribution in [-0.4, -0.2) is 23.5 Å². The van der Waals surface area contributed by atoms with E-state index in [-0.39, 0.29) is 0 Å². The smallest absolute Gasteiger partial charge is 0.0766 e. The van der Waals surface area contributed by atoms with E-state index in [0.717, 1.165) is 19.4 Å². The van der Waals surface area contributed by atoms with Gasteiger partial charge in [0.2, 0.25) is 0 Å². The first-order valence-electron chi connectivity index (χ1n) is 6.19. The van der Waals surface area contributed by atoms with Gasteiger partial charge in [-0.05, 0) is 36.8 Å². The van der Waals surface area contributed by atoms with E-state index in [1.165, 1.54) is 10.5 Å². The molecular weight excluding hydrogens is 230 g/mol. The van der Waals surface area contributed by atoms with Crippen molar-refractivity contribution in [2.24, 2.45) is 0 Å². The minimum Gasteiger partial charge on any atom is -0.389 e. The summed E-state index contributed by atoms with van der Waals surface area (Å²) in [4.78, 5) is 1.28. The van der Waals surface area contributed by atoms with E-state index >= 15 is 0 Å². The second-order valence-corrected chi connectivity index (χ2v) is 5.26. The molecule has 1 aromatic carbocycles. The van der Waals surface area contributed by atoms with Crippen LogP contribution < -0.4 is 5.32 Å². The maximum absolute atomic E-state index is 10.1. The predicted octanol–water partition coefficient (Wildman–Crippen LogP) is 3.05. The van der Waals surface area contributed by atoms with Crippen molar-refractivity contribution in [1.29, 1.82) is 0 Å². The molecular formula is C14H23NOS. The van der Waals surface area contributed by atoms with Crippen LogP contribution in [0.4, 0.5) is 0 Å². The Morgan fingerprint density at radius 1 is 1.18 bits per heavy atom. The summed E-state index contributed by atoms with van der Waals surface area (Å²) in [5, 5.41) is 13.4. The summed E-state index contributed by atoms with van der Waals surface area (Å²) in [6, 6.07) is 8.53. The molecule has 0 heterocycles. The Balaban J connectivity index is 2.40. The SMILES string of the molecule is CCC(O)(CC)CNCc1ccc(SC)cc1. The summed E-state index contributed by atoms with van der Waals surface area (Å²) in [5.41, 5.74) is 0.705. The van der Waals surface area contributed by atoms with E-state index in [0.29, 0.717) is 6.54 Å². The van der Waals surface area contributed by atoms with Crippen molar-refractivity contribution >= 4 is 11.8 Å². The molecule has 0 fully saturated rings. The van der Waals surface area contributed by atoms with Gasteiger partial charge in [-0.3, -0.25) is 0 Å². The first-order chi connectivity index (χ1) is 8.13. The highest BCUT2D eigenvalue weighted by molar-refractivity contribution is 7.98. The lowest BCUT2D eigenvalue weighted by Crippen LogP contribution is -2.39. The molecule has 0 amide bonds. The van der Waals surface area contributed by atoms with Gasteiger partial charge in [-0.15, -0.1) is 11.8 Å². The zero-order valence-corrected chi connectivity index (χ0v) is 11.8. The van der Waals surface area contributed by atoms with Crippen LogP contribution in [0.25, 0.3) is 0 Å². The Bertz CT molecular complexity index is 319. The third-order valence-electron chi connectivity index (χ3n) is 3.26. The fourth-order valence-electron chi connectivity index (χ4n) is 1.68. The maximum atomic E-state index is 10.1. The van der Waals surface area contributed by atoms with Gasteiger partial charge in [0, 0.05) is 18.0 Å². The minimum atomic E-state index is -0.556. The zero-order valence-electron chi connectivity index (χ0n) is 11.0. The Morgan fingerprint density at radius 2 is 1.76 bits per heavy atom. The molecule has 0 aliphatic heterocycles. The van der Waals surface area contributed by atoms with Crippen LogP contribution >= 0.6 is 11.8 Å². The number of benzene rings is 1. The van der Waals surface area contributed by atoms with Crippen molar-refractivity contribution in [3.05, 3.63) is 29.8 Å². The lowest BCUT2D eigenvalue weighted by molar-refractivity contribution is 0.0323. The predicted molar refractivity (Wildman–Crippen MR) is 75.5 cm³/mol. The number of rotatable bonds is 7. The van der Waals surface area contributed by atoms with Crippen molar-refractivity contribution in [1.82, 2.24) is 5.32 Å². The third kappa shape index (κ3) is 4.70. The fraction of sp³-hybridized carbons (Fsp3) is 0.571. The first-order valence-corrected chi connectivity index (χ1v) is 7.42. The Kier molecular flexibility index (Phi) is 6.03. The number of thioether (sulfide) groups is 1. The van der Waals surface area contributed by atoms with Crippen LogP contribution in [0.3, 0.4) is 0 Å². The van der Waals surface area contributed by atoms with E-state index in [1.807, 2.05) is 13.8 Å². The molecule has 2 N–H and O–H groups in total. The van der Waals surface area contributed by atoms with E-state index in [9.17, 15) is 5.11 Å². The quantitative estimate of drug-likeness (QED) is 0.733. The molecule has 1 aromatic rings. The minimum absolute atomic E-state index is 0.556. The average Bonchev–Trinajstić information content (AvgIpc) is 2.39. The highest BCUT2D eigenvalue weighted by Crippen LogP contribution is 2.16. The van der Waals surface area contributed by atoms with Gasteiger partial charge in [0.1, 0.15) is 0 Å². The van der Waals surface area contributed by atoms with Crippen molar-refractivity contribution in [2.75, 3.05) is 12.8 Å². The normalized spacial score (nSPS) is 11.8. The molecule has 17 heavy (non-hydrogen) atoms. The lowest BCUT2D eigenvalue weighted by Gasteiger charge is -2.25. The number of aliphatic hydroxyl groups is 1. The van der Waals surface area contributed by atoms with Crippen LogP contribution in [0, 0.1) is 0 Å². The summed E-state index contributed by atoms with van der Waals surface area (Å²) in [7, 11) is 0. The number of nitrogens with one attached hydrogen (secondary N) is 1. The third-order valence-corrected chi connectivity index (χ3v) is 4.00. The second kappa shape index (κ2) is 7.04. The van der Waals surface area contributed by atoms with Gasteiger partial charge in [0.15, 0.2) is 0 Å². The Labute approximate surface area is 109 Å². The lowest BCUT2D eigenvalue weighted by atomic mass is 9.97. The van der Waals surface area contributed by atoms with E-state index in [2.05, 4.69) is 35.8 Å². The van der Waals surface area contributed by atoms with E-state index < -0.39 is 5.60 Å². The summed E-state index contributed by atoms with van der Waals surface area (Å²) in [6.07, 6.45) is 3.67. The molecule has 0 aliphatic carbocycles. The molecule has 0 aliphatic rings. The fourth-order valence-corrected chi connectivity index (χ4v) is 2.09. The summed E-state index contributed by atoms with van der Waals surface area (Å²) >= 11 is 1.75. The largest absolute Gasteiger partial charge is 0.389 e. The molecule has 0 unspecified atom stereocenters. The molecule has 0 saturated heterocycles. The van der Waals surface area contributed by atoms with Crippen molar-refractivity contribution in [3.8, 4) is 0 Å². The standard InChI is InChI=1S/C14H23NOS/c1-4-14(16,5-2)11-15-10-12-6-8-13(17-3)9-7-12/h6-9,15-16H,4-5,10-11H2,1-3H3. The second-order valence-electron chi connectivity index (χ2n) is 4.38. The van der Waals surface area contributed by atoms with Crippen LogP contribution in [0.2, 0.25) is 0 Å². The Morgan fingerprint density at radius 3 is 2.24 bits per heavy atom. The topological polar surface area (TPSA) is 32.3 Å². The molecule has 0 atom stereocenters. The van der Waals surface area contributed by atoms with Crippen molar-refractivity contribution in [2.45, 2.75) is 43.7 Å². The summed E-state index contributed by atoms with van der Waals surface area (Å²) < 4.78 is 0. The van der Waals surface area contributed by atoms with Crippen molar-refractivity contribution < 1.29 is 5.11 Å². The molecule has 96 valence electrons. The van der Waals surface area contributed by atoms with Crippen LogP contribution in [0.5, 0.6) is 0 Å². The summed E-state index contributed by atoms with van der Waals surface area (Å²) in [6.45, 7) is 5.53. The molecule has 1 rings (SSSR count). The average molecular weight is 253 g/mol. The van der Waals surface area contributed by atoms with Gasteiger partial charge in [0.25, 0.3) is 0 Å². The van der Waals surface area contributed by atoms with Gasteiger partial charge in [-0.2, -0.15) is 0 Å². The number of hydrogen-bond acceptors (Lipinski definition) is 3. The first kappa shape index (κ1) is 14.6. The van der Waals surface area contributed by atoms with Gasteiger partial charge < -0.3 is 10.4 Å². The van der Waals surface area contributed by atoms with Crippen LogP contribution in [0.15, 0.2) is 29.2 Å². The molecule has 0 saturated carbocycles. The molecule has 0 aromatic heterocycles. The monoisotopic (exact) mass is 253 g/mol. The highest BCUT2D eigenvalue weighted by atomic mass is 32.2. The highest BCUT2D eigenvalue weighted by Gasteiger charge is 2.20. The molecule has 0 spiro atoms. The van der Waals surface area contributed by atoms with Gasteiger partial charge >= 0.3 is 0 Å². The van der Waals surface area contributed by atoms with E-state index in [1.54, 1.807) is 11.8 Å². The summed E-state index contributed by atoms with van der Waals surface area (Å²) in [5.74, 6) is 0. The zero-order chi connectivity index (χ0) is 12.7. The molecule has 0 bridgehead atoms.